The van der Waals surface area contributed by atoms with Gasteiger partial charge in [0.2, 0.25) is 0 Å². The van der Waals surface area contributed by atoms with Crippen LogP contribution < -0.4 is 5.32 Å². The zero-order chi connectivity index (χ0) is 18.2. The van der Waals surface area contributed by atoms with Crippen LogP contribution in [0, 0.1) is 5.92 Å². The SMILES string of the molecule is CCNCC1CCN(C(=O)c2ccc(C(=O)N(CC)CC)cc2)CC1. The number of piperidine rings is 1. The third kappa shape index (κ3) is 5.05. The maximum Gasteiger partial charge on any atom is 0.253 e. The Labute approximate surface area is 151 Å². The third-order valence-electron chi connectivity index (χ3n) is 5.01. The summed E-state index contributed by atoms with van der Waals surface area (Å²) in [6.45, 7) is 11.1. The number of rotatable bonds is 7. The molecule has 1 fully saturated rings. The molecule has 0 aliphatic carbocycles. The first-order chi connectivity index (χ1) is 12.1. The third-order valence-corrected chi connectivity index (χ3v) is 5.01. The monoisotopic (exact) mass is 345 g/mol. The van der Waals surface area contributed by atoms with Crippen LogP contribution in [-0.2, 0) is 0 Å². The van der Waals surface area contributed by atoms with Crippen LogP contribution >= 0.6 is 0 Å². The van der Waals surface area contributed by atoms with Crippen molar-refractivity contribution < 1.29 is 9.59 Å². The quantitative estimate of drug-likeness (QED) is 0.826. The van der Waals surface area contributed by atoms with Crippen LogP contribution in [0.25, 0.3) is 0 Å². The van der Waals surface area contributed by atoms with Crippen molar-refractivity contribution in [2.24, 2.45) is 5.92 Å². The summed E-state index contributed by atoms with van der Waals surface area (Å²) in [4.78, 5) is 28.7. The second-order valence-corrected chi connectivity index (χ2v) is 6.60. The van der Waals surface area contributed by atoms with Gasteiger partial charge in [-0.3, -0.25) is 9.59 Å². The molecule has 1 aromatic carbocycles. The van der Waals surface area contributed by atoms with Crippen molar-refractivity contribution in [3.8, 4) is 0 Å². The zero-order valence-electron chi connectivity index (χ0n) is 15.8. The number of nitrogens with zero attached hydrogens (tertiary/aromatic N) is 2. The Morgan fingerprint density at radius 1 is 1.04 bits per heavy atom. The van der Waals surface area contributed by atoms with Gasteiger partial charge in [0, 0.05) is 37.3 Å². The summed E-state index contributed by atoms with van der Waals surface area (Å²) in [7, 11) is 0. The summed E-state index contributed by atoms with van der Waals surface area (Å²) in [5, 5.41) is 3.39. The number of hydrogen-bond donors (Lipinski definition) is 1. The highest BCUT2D eigenvalue weighted by atomic mass is 16.2. The van der Waals surface area contributed by atoms with Crippen molar-refractivity contribution in [2.45, 2.75) is 33.6 Å². The van der Waals surface area contributed by atoms with Crippen LogP contribution in [0.15, 0.2) is 24.3 Å². The molecule has 0 spiro atoms. The molecule has 0 unspecified atom stereocenters. The standard InChI is InChI=1S/C20H31N3O2/c1-4-21-15-16-11-13-23(14-12-16)20(25)18-9-7-17(8-10-18)19(24)22(5-2)6-3/h7-10,16,21H,4-6,11-15H2,1-3H3. The molecule has 1 saturated heterocycles. The van der Waals surface area contributed by atoms with E-state index in [1.165, 1.54) is 0 Å². The summed E-state index contributed by atoms with van der Waals surface area (Å²) in [5.41, 5.74) is 1.31. The van der Waals surface area contributed by atoms with Gasteiger partial charge in [0.25, 0.3) is 11.8 Å². The van der Waals surface area contributed by atoms with Crippen molar-refractivity contribution in [1.82, 2.24) is 15.1 Å². The molecule has 25 heavy (non-hydrogen) atoms. The van der Waals surface area contributed by atoms with Crippen LogP contribution in [0.1, 0.15) is 54.3 Å². The first kappa shape index (κ1) is 19.4. The largest absolute Gasteiger partial charge is 0.339 e. The maximum atomic E-state index is 12.7. The highest BCUT2D eigenvalue weighted by Gasteiger charge is 2.23. The Kier molecular flexibility index (Phi) is 7.44. The van der Waals surface area contributed by atoms with Crippen molar-refractivity contribution in [3.63, 3.8) is 0 Å². The predicted octanol–water partition coefficient (Wildman–Crippen LogP) is 2.63. The normalized spacial score (nSPS) is 15.2. The Hall–Kier alpha value is -1.88. The first-order valence-electron chi connectivity index (χ1n) is 9.49. The first-order valence-corrected chi connectivity index (χ1v) is 9.49. The summed E-state index contributed by atoms with van der Waals surface area (Å²) in [6.07, 6.45) is 2.11. The molecule has 1 aromatic rings. The molecule has 0 radical (unpaired) electrons. The molecule has 1 aliphatic rings. The number of amides is 2. The van der Waals surface area contributed by atoms with E-state index < -0.39 is 0 Å². The topological polar surface area (TPSA) is 52.7 Å². The van der Waals surface area contributed by atoms with E-state index >= 15 is 0 Å². The fourth-order valence-electron chi connectivity index (χ4n) is 3.32. The highest BCUT2D eigenvalue weighted by Crippen LogP contribution is 2.19. The smallest absolute Gasteiger partial charge is 0.253 e. The van der Waals surface area contributed by atoms with Gasteiger partial charge in [0.05, 0.1) is 0 Å². The molecule has 2 rings (SSSR count). The van der Waals surface area contributed by atoms with E-state index in [0.717, 1.165) is 39.0 Å². The van der Waals surface area contributed by atoms with Crippen LogP contribution in [0.2, 0.25) is 0 Å². The van der Waals surface area contributed by atoms with Gasteiger partial charge in [0.1, 0.15) is 0 Å². The Morgan fingerprint density at radius 3 is 2.12 bits per heavy atom. The number of carbonyl (C=O) groups excluding carboxylic acids is 2. The average Bonchev–Trinajstić information content (AvgIpc) is 2.67. The second-order valence-electron chi connectivity index (χ2n) is 6.60. The minimum Gasteiger partial charge on any atom is -0.339 e. The number of benzene rings is 1. The van der Waals surface area contributed by atoms with E-state index in [1.54, 1.807) is 29.2 Å². The molecular weight excluding hydrogens is 314 g/mol. The molecule has 5 heteroatoms. The van der Waals surface area contributed by atoms with Crippen LogP contribution in [0.5, 0.6) is 0 Å². The van der Waals surface area contributed by atoms with E-state index in [1.807, 2.05) is 18.7 Å². The van der Waals surface area contributed by atoms with E-state index in [-0.39, 0.29) is 11.8 Å². The molecule has 1 heterocycles. The summed E-state index contributed by atoms with van der Waals surface area (Å²) in [6, 6.07) is 7.10. The number of hydrogen-bond acceptors (Lipinski definition) is 3. The van der Waals surface area contributed by atoms with Crippen molar-refractivity contribution in [1.29, 1.82) is 0 Å². The van der Waals surface area contributed by atoms with Crippen LogP contribution in [0.3, 0.4) is 0 Å². The number of nitrogens with one attached hydrogen (secondary N) is 1. The lowest BCUT2D eigenvalue weighted by molar-refractivity contribution is 0.0688. The van der Waals surface area contributed by atoms with E-state index in [0.29, 0.717) is 30.1 Å². The molecule has 1 aliphatic heterocycles. The fourth-order valence-corrected chi connectivity index (χ4v) is 3.32. The lowest BCUT2D eigenvalue weighted by Gasteiger charge is -2.32. The van der Waals surface area contributed by atoms with Gasteiger partial charge in [-0.2, -0.15) is 0 Å². The summed E-state index contributed by atoms with van der Waals surface area (Å²) >= 11 is 0. The lowest BCUT2D eigenvalue weighted by Crippen LogP contribution is -2.40. The second kappa shape index (κ2) is 9.56. The molecule has 0 saturated carbocycles. The molecule has 0 bridgehead atoms. The van der Waals surface area contributed by atoms with Gasteiger partial charge in [-0.05, 0) is 70.0 Å². The van der Waals surface area contributed by atoms with Crippen LogP contribution in [0.4, 0.5) is 0 Å². The molecule has 1 N–H and O–H groups in total. The lowest BCUT2D eigenvalue weighted by atomic mass is 9.96. The zero-order valence-corrected chi connectivity index (χ0v) is 15.8. The summed E-state index contributed by atoms with van der Waals surface area (Å²) in [5.74, 6) is 0.759. The minimum atomic E-state index is 0.0215. The molecule has 5 nitrogen and oxygen atoms in total. The molecule has 0 aromatic heterocycles. The van der Waals surface area contributed by atoms with Gasteiger partial charge >= 0.3 is 0 Å². The number of carbonyl (C=O) groups is 2. The van der Waals surface area contributed by atoms with Gasteiger partial charge in [-0.25, -0.2) is 0 Å². The van der Waals surface area contributed by atoms with Crippen molar-refractivity contribution in [3.05, 3.63) is 35.4 Å². The molecular formula is C20H31N3O2. The molecule has 138 valence electrons. The predicted molar refractivity (Wildman–Crippen MR) is 101 cm³/mol. The van der Waals surface area contributed by atoms with Gasteiger partial charge in [-0.15, -0.1) is 0 Å². The van der Waals surface area contributed by atoms with Gasteiger partial charge in [-0.1, -0.05) is 6.92 Å². The number of likely N-dealkylation sites (tertiary alicyclic amines) is 1. The molecule has 2 amide bonds. The Bertz CT molecular complexity index is 559. The average molecular weight is 345 g/mol. The Balaban J connectivity index is 1.94. The Morgan fingerprint density at radius 2 is 1.60 bits per heavy atom. The van der Waals surface area contributed by atoms with Gasteiger partial charge in [0.15, 0.2) is 0 Å². The van der Waals surface area contributed by atoms with Crippen LogP contribution in [-0.4, -0.2) is 60.9 Å². The van der Waals surface area contributed by atoms with E-state index in [9.17, 15) is 9.59 Å². The van der Waals surface area contributed by atoms with E-state index in [4.69, 9.17) is 0 Å². The van der Waals surface area contributed by atoms with Gasteiger partial charge < -0.3 is 15.1 Å². The van der Waals surface area contributed by atoms with E-state index in [2.05, 4.69) is 12.2 Å². The maximum absolute atomic E-state index is 12.7. The minimum absolute atomic E-state index is 0.0215. The molecule has 0 atom stereocenters. The van der Waals surface area contributed by atoms with Crippen molar-refractivity contribution >= 4 is 11.8 Å². The highest BCUT2D eigenvalue weighted by molar-refractivity contribution is 5.97. The fraction of sp³-hybridized carbons (Fsp3) is 0.600. The summed E-state index contributed by atoms with van der Waals surface area (Å²) < 4.78 is 0. The van der Waals surface area contributed by atoms with Crippen molar-refractivity contribution in [2.75, 3.05) is 39.3 Å².